The maximum absolute atomic E-state index is 12.3. The predicted octanol–water partition coefficient (Wildman–Crippen LogP) is 1.85. The molecule has 22 heavy (non-hydrogen) atoms. The van der Waals surface area contributed by atoms with Gasteiger partial charge in [-0.3, -0.25) is 25.1 Å². The molecule has 2 rings (SSSR count). The van der Waals surface area contributed by atoms with Crippen molar-refractivity contribution in [2.75, 3.05) is 7.11 Å². The molecule has 1 heterocycles. The lowest BCUT2D eigenvalue weighted by Crippen LogP contribution is -2.46. The van der Waals surface area contributed by atoms with Crippen LogP contribution in [0.2, 0.25) is 0 Å². The number of nitrogens with zero attached hydrogens (tertiary/aromatic N) is 2. The summed E-state index contributed by atoms with van der Waals surface area (Å²) < 4.78 is 0. The van der Waals surface area contributed by atoms with Gasteiger partial charge in [-0.1, -0.05) is 6.07 Å². The zero-order chi connectivity index (χ0) is 16.7. The normalized spacial score (nSPS) is 20.5. The number of nitro groups is 1. The quantitative estimate of drug-likeness (QED) is 0.678. The van der Waals surface area contributed by atoms with Crippen LogP contribution < -0.4 is 5.32 Å². The summed E-state index contributed by atoms with van der Waals surface area (Å²) in [5, 5.41) is 15.6. The minimum Gasteiger partial charge on any atom is -0.281 e. The molecule has 0 unspecified atom stereocenters. The van der Waals surface area contributed by atoms with Gasteiger partial charge < -0.3 is 0 Å². The van der Waals surface area contributed by atoms with E-state index in [1.807, 2.05) is 26.8 Å². The highest BCUT2D eigenvalue weighted by Gasteiger charge is 2.45. The minimum absolute atomic E-state index is 0.0864. The molecule has 0 aromatic heterocycles. The van der Waals surface area contributed by atoms with Gasteiger partial charge in [0.25, 0.3) is 11.6 Å². The number of amides is 1. The van der Waals surface area contributed by atoms with Crippen molar-refractivity contribution in [3.05, 3.63) is 38.9 Å². The van der Waals surface area contributed by atoms with Crippen LogP contribution in [-0.4, -0.2) is 34.7 Å². The van der Waals surface area contributed by atoms with Crippen LogP contribution in [0.4, 0.5) is 5.69 Å². The second kappa shape index (κ2) is 5.66. The van der Waals surface area contributed by atoms with E-state index in [1.165, 1.54) is 12.2 Å². The third kappa shape index (κ3) is 2.82. The van der Waals surface area contributed by atoms with E-state index in [-0.39, 0.29) is 16.5 Å². The van der Waals surface area contributed by atoms with Crippen LogP contribution in [0.3, 0.4) is 0 Å². The number of hydrogen-bond donors (Lipinski definition) is 1. The Morgan fingerprint density at radius 1 is 1.41 bits per heavy atom. The number of carbonyl (C=O) groups is 1. The van der Waals surface area contributed by atoms with Crippen LogP contribution in [-0.2, 0) is 16.1 Å². The van der Waals surface area contributed by atoms with Crippen LogP contribution >= 0.6 is 0 Å². The van der Waals surface area contributed by atoms with Gasteiger partial charge in [-0.25, -0.2) is 5.06 Å². The van der Waals surface area contributed by atoms with Gasteiger partial charge >= 0.3 is 0 Å². The van der Waals surface area contributed by atoms with Gasteiger partial charge in [0.2, 0.25) is 0 Å². The van der Waals surface area contributed by atoms with Gasteiger partial charge in [0, 0.05) is 11.6 Å². The molecule has 1 fully saturated rings. The second-order valence-corrected chi connectivity index (χ2v) is 6.09. The lowest BCUT2D eigenvalue weighted by molar-refractivity contribution is -0.385. The number of hydroxylamine groups is 2. The fourth-order valence-corrected chi connectivity index (χ4v) is 2.88. The molecule has 1 aromatic rings. The Morgan fingerprint density at radius 3 is 2.55 bits per heavy atom. The number of benzene rings is 1. The Morgan fingerprint density at radius 2 is 2.05 bits per heavy atom. The zero-order valence-electron chi connectivity index (χ0n) is 13.5. The first-order valence-corrected chi connectivity index (χ1v) is 7.07. The number of rotatable bonds is 4. The Hall–Kier alpha value is -1.99. The summed E-state index contributed by atoms with van der Waals surface area (Å²) in [5.74, 6) is -0.173. The summed E-state index contributed by atoms with van der Waals surface area (Å²) in [6.07, 6.45) is 0.379. The average Bonchev–Trinajstić information content (AvgIpc) is 2.62. The molecular formula is C15H21N3O4. The summed E-state index contributed by atoms with van der Waals surface area (Å²) in [5.41, 5.74) is 1.73. The summed E-state index contributed by atoms with van der Waals surface area (Å²) in [6.45, 7) is 7.25. The largest absolute Gasteiger partial charge is 0.281 e. The van der Waals surface area contributed by atoms with Gasteiger partial charge in [-0.2, -0.15) is 0 Å². The number of carbonyl (C=O) groups excluding carboxylic acids is 1. The molecule has 1 amide bonds. The van der Waals surface area contributed by atoms with Gasteiger partial charge in [0.1, 0.15) is 5.66 Å². The van der Waals surface area contributed by atoms with E-state index < -0.39 is 11.7 Å². The number of nitrogens with one attached hydrogen (secondary N) is 1. The van der Waals surface area contributed by atoms with Crippen LogP contribution in [0.25, 0.3) is 0 Å². The first kappa shape index (κ1) is 16.4. The smallest absolute Gasteiger partial charge is 0.272 e. The molecule has 0 saturated carbocycles. The highest BCUT2D eigenvalue weighted by molar-refractivity contribution is 5.84. The summed E-state index contributed by atoms with van der Waals surface area (Å²) in [7, 11) is 1.45. The molecular weight excluding hydrogens is 286 g/mol. The van der Waals surface area contributed by atoms with Gasteiger partial charge in [-0.05, 0) is 45.2 Å². The monoisotopic (exact) mass is 307 g/mol. The van der Waals surface area contributed by atoms with Crippen molar-refractivity contribution in [2.24, 2.45) is 0 Å². The maximum Gasteiger partial charge on any atom is 0.272 e. The highest BCUT2D eigenvalue weighted by atomic mass is 16.7. The zero-order valence-corrected chi connectivity index (χ0v) is 13.5. The SMILES string of the molecule is CON1C(=O)[C@H](Cc2cc(C)c(C)c([N+](=O)[O-])c2)NC1(C)C. The van der Waals surface area contributed by atoms with E-state index in [1.54, 1.807) is 13.0 Å². The topological polar surface area (TPSA) is 84.7 Å². The third-order valence-electron chi connectivity index (χ3n) is 4.05. The first-order chi connectivity index (χ1) is 10.2. The highest BCUT2D eigenvalue weighted by Crippen LogP contribution is 2.27. The molecule has 7 heteroatoms. The minimum atomic E-state index is -0.609. The fourth-order valence-electron chi connectivity index (χ4n) is 2.88. The average molecular weight is 307 g/mol. The number of hydrogen-bond acceptors (Lipinski definition) is 5. The summed E-state index contributed by atoms with van der Waals surface area (Å²) >= 11 is 0. The lowest BCUT2D eigenvalue weighted by Gasteiger charge is -2.28. The van der Waals surface area contributed by atoms with Crippen molar-refractivity contribution in [1.29, 1.82) is 0 Å². The molecule has 1 aliphatic heterocycles. The van der Waals surface area contributed by atoms with Gasteiger partial charge in [-0.15, -0.1) is 0 Å². The van der Waals surface area contributed by atoms with Crippen LogP contribution in [0.15, 0.2) is 12.1 Å². The van der Waals surface area contributed by atoms with E-state index >= 15 is 0 Å². The first-order valence-electron chi connectivity index (χ1n) is 7.07. The van der Waals surface area contributed by atoms with Crippen molar-refractivity contribution in [3.8, 4) is 0 Å². The van der Waals surface area contributed by atoms with Crippen molar-refractivity contribution in [1.82, 2.24) is 10.4 Å². The lowest BCUT2D eigenvalue weighted by atomic mass is 9.99. The molecule has 1 aromatic carbocycles. The third-order valence-corrected chi connectivity index (χ3v) is 4.05. The Labute approximate surface area is 129 Å². The second-order valence-electron chi connectivity index (χ2n) is 6.09. The standard InChI is InChI=1S/C15H21N3O4/c1-9-6-11(8-13(10(9)2)18(20)21)7-12-14(19)17(22-5)15(3,4)16-12/h6,8,12,16H,7H2,1-5H3/t12-/m0/s1. The Bertz CT molecular complexity index is 627. The van der Waals surface area contributed by atoms with Crippen molar-refractivity contribution in [2.45, 2.75) is 45.8 Å². The maximum atomic E-state index is 12.3. The molecule has 0 aliphatic carbocycles. The van der Waals surface area contributed by atoms with E-state index in [4.69, 9.17) is 4.84 Å². The van der Waals surface area contributed by atoms with Crippen LogP contribution in [0, 0.1) is 24.0 Å². The molecule has 120 valence electrons. The van der Waals surface area contributed by atoms with Crippen molar-refractivity contribution in [3.63, 3.8) is 0 Å². The van der Waals surface area contributed by atoms with Crippen LogP contribution in [0.5, 0.6) is 0 Å². The van der Waals surface area contributed by atoms with Crippen LogP contribution in [0.1, 0.15) is 30.5 Å². The fraction of sp³-hybridized carbons (Fsp3) is 0.533. The molecule has 7 nitrogen and oxygen atoms in total. The summed E-state index contributed by atoms with van der Waals surface area (Å²) in [4.78, 5) is 28.2. The van der Waals surface area contributed by atoms with Crippen molar-refractivity contribution < 1.29 is 14.6 Å². The van der Waals surface area contributed by atoms with Gasteiger partial charge in [0.05, 0.1) is 18.1 Å². The van der Waals surface area contributed by atoms with Crippen molar-refractivity contribution >= 4 is 11.6 Å². The predicted molar refractivity (Wildman–Crippen MR) is 81.1 cm³/mol. The summed E-state index contributed by atoms with van der Waals surface area (Å²) in [6, 6.07) is 2.97. The van der Waals surface area contributed by atoms with E-state index in [2.05, 4.69) is 5.32 Å². The molecule has 1 saturated heterocycles. The molecule has 1 aliphatic rings. The van der Waals surface area contributed by atoms with E-state index in [0.717, 1.165) is 11.1 Å². The molecule has 0 bridgehead atoms. The molecule has 0 radical (unpaired) electrons. The van der Waals surface area contributed by atoms with E-state index in [0.29, 0.717) is 12.0 Å². The number of nitro benzene ring substituents is 1. The molecule has 0 spiro atoms. The Kier molecular flexibility index (Phi) is 4.21. The molecule has 1 N–H and O–H groups in total. The number of aryl methyl sites for hydroxylation is 1. The van der Waals surface area contributed by atoms with E-state index in [9.17, 15) is 14.9 Å². The Balaban J connectivity index is 2.29. The molecule has 1 atom stereocenters. The van der Waals surface area contributed by atoms with Gasteiger partial charge in [0.15, 0.2) is 0 Å².